The average molecular weight is 495 g/mol. The third kappa shape index (κ3) is 5.92. The number of nitrogens with zero attached hydrogens (tertiary/aromatic N) is 2. The van der Waals surface area contributed by atoms with Gasteiger partial charge in [0, 0.05) is 29.7 Å². The lowest BCUT2D eigenvalue weighted by Crippen LogP contribution is -2.49. The van der Waals surface area contributed by atoms with Crippen molar-refractivity contribution in [2.45, 2.75) is 44.7 Å². The van der Waals surface area contributed by atoms with Crippen molar-refractivity contribution < 1.29 is 18.8 Å². The van der Waals surface area contributed by atoms with Crippen LogP contribution >= 0.6 is 11.3 Å². The standard InChI is InChI=1S/C26H27FN4O3S/c1-17-10-11-20(14-21(17)27)31(23(32)16-29-25(33)22-9-5-13-35-22)24(18-6-4-12-28-15-18)26(34)30-19-7-2-3-8-19/h4-6,9-15,19,24H,2-3,7-8,16H2,1H3,(H,29,33)(H,30,34)/t24-/m1/s1. The first-order valence-corrected chi connectivity index (χ1v) is 12.4. The molecule has 3 amide bonds. The number of carbonyl (C=O) groups is 3. The summed E-state index contributed by atoms with van der Waals surface area (Å²) in [6, 6.07) is 10.1. The highest BCUT2D eigenvalue weighted by Crippen LogP contribution is 2.30. The zero-order chi connectivity index (χ0) is 24.8. The Hall–Kier alpha value is -3.59. The van der Waals surface area contributed by atoms with E-state index in [4.69, 9.17) is 0 Å². The summed E-state index contributed by atoms with van der Waals surface area (Å²) in [7, 11) is 0. The zero-order valence-corrected chi connectivity index (χ0v) is 20.2. The molecule has 1 saturated carbocycles. The second-order valence-corrected chi connectivity index (χ2v) is 9.48. The minimum absolute atomic E-state index is 0.0203. The molecule has 1 aromatic carbocycles. The molecule has 1 fully saturated rings. The Kier molecular flexibility index (Phi) is 7.87. The first kappa shape index (κ1) is 24.5. The zero-order valence-electron chi connectivity index (χ0n) is 19.4. The number of thiophene rings is 1. The molecule has 182 valence electrons. The van der Waals surface area contributed by atoms with Gasteiger partial charge in [-0.25, -0.2) is 4.39 Å². The second-order valence-electron chi connectivity index (χ2n) is 8.54. The number of nitrogens with one attached hydrogen (secondary N) is 2. The predicted molar refractivity (Wildman–Crippen MR) is 133 cm³/mol. The molecule has 2 N–H and O–H groups in total. The molecule has 0 bridgehead atoms. The molecule has 0 saturated heterocycles. The molecule has 1 aliphatic rings. The maximum atomic E-state index is 14.6. The van der Waals surface area contributed by atoms with E-state index >= 15 is 0 Å². The summed E-state index contributed by atoms with van der Waals surface area (Å²) < 4.78 is 14.6. The van der Waals surface area contributed by atoms with Crippen molar-refractivity contribution >= 4 is 34.7 Å². The summed E-state index contributed by atoms with van der Waals surface area (Å²) in [5.74, 6) is -1.81. The Morgan fingerprint density at radius 1 is 1.17 bits per heavy atom. The number of halogens is 1. The van der Waals surface area contributed by atoms with Crippen molar-refractivity contribution in [2.24, 2.45) is 0 Å². The van der Waals surface area contributed by atoms with Crippen molar-refractivity contribution in [3.63, 3.8) is 0 Å². The fourth-order valence-corrected chi connectivity index (χ4v) is 4.85. The number of aromatic nitrogens is 1. The Balaban J connectivity index is 1.69. The molecule has 9 heteroatoms. The fraction of sp³-hybridized carbons (Fsp3) is 0.308. The van der Waals surface area contributed by atoms with Crippen LogP contribution in [0.25, 0.3) is 0 Å². The van der Waals surface area contributed by atoms with Crippen molar-refractivity contribution in [3.8, 4) is 0 Å². The summed E-state index contributed by atoms with van der Waals surface area (Å²) in [4.78, 5) is 45.4. The minimum atomic E-state index is -1.09. The molecule has 35 heavy (non-hydrogen) atoms. The quantitative estimate of drug-likeness (QED) is 0.492. The molecule has 2 aromatic heterocycles. The van der Waals surface area contributed by atoms with Crippen LogP contribution in [0.2, 0.25) is 0 Å². The number of rotatable bonds is 8. The van der Waals surface area contributed by atoms with Crippen LogP contribution in [0.15, 0.2) is 60.2 Å². The van der Waals surface area contributed by atoms with Crippen LogP contribution in [0.5, 0.6) is 0 Å². The monoisotopic (exact) mass is 494 g/mol. The highest BCUT2D eigenvalue weighted by atomic mass is 32.1. The molecule has 0 aliphatic heterocycles. The van der Waals surface area contributed by atoms with Gasteiger partial charge >= 0.3 is 0 Å². The lowest BCUT2D eigenvalue weighted by atomic mass is 10.0. The molecule has 4 rings (SSSR count). The van der Waals surface area contributed by atoms with Gasteiger partial charge in [-0.3, -0.25) is 24.3 Å². The molecule has 3 aromatic rings. The Labute approximate surface area is 207 Å². The molecule has 7 nitrogen and oxygen atoms in total. The predicted octanol–water partition coefficient (Wildman–Crippen LogP) is 4.15. The topological polar surface area (TPSA) is 91.4 Å². The third-order valence-electron chi connectivity index (χ3n) is 6.06. The summed E-state index contributed by atoms with van der Waals surface area (Å²) in [6.07, 6.45) is 6.90. The van der Waals surface area contributed by atoms with Gasteiger partial charge < -0.3 is 10.6 Å². The number of hydrogen-bond donors (Lipinski definition) is 2. The first-order valence-electron chi connectivity index (χ1n) is 11.5. The van der Waals surface area contributed by atoms with Gasteiger partial charge in [0.25, 0.3) is 5.91 Å². The van der Waals surface area contributed by atoms with E-state index in [1.807, 2.05) is 0 Å². The number of aryl methyl sites for hydroxylation is 1. The summed E-state index contributed by atoms with van der Waals surface area (Å²) in [5.41, 5.74) is 1.13. The van der Waals surface area contributed by atoms with Crippen molar-refractivity contribution in [1.82, 2.24) is 15.6 Å². The van der Waals surface area contributed by atoms with E-state index < -0.39 is 23.7 Å². The van der Waals surface area contributed by atoms with Gasteiger partial charge in [0.2, 0.25) is 11.8 Å². The van der Waals surface area contributed by atoms with Crippen LogP contribution in [0, 0.1) is 12.7 Å². The molecule has 1 aliphatic carbocycles. The molecule has 0 unspecified atom stereocenters. The number of anilines is 1. The number of hydrogen-bond acceptors (Lipinski definition) is 5. The van der Waals surface area contributed by atoms with E-state index in [1.165, 1.54) is 28.5 Å². The van der Waals surface area contributed by atoms with E-state index in [9.17, 15) is 18.8 Å². The normalized spacial score (nSPS) is 14.3. The molecule has 0 spiro atoms. The largest absolute Gasteiger partial charge is 0.351 e. The van der Waals surface area contributed by atoms with Gasteiger partial charge in [-0.05, 0) is 55.0 Å². The van der Waals surface area contributed by atoms with Gasteiger partial charge in [0.1, 0.15) is 11.9 Å². The smallest absolute Gasteiger partial charge is 0.261 e. The molecule has 0 radical (unpaired) electrons. The highest BCUT2D eigenvalue weighted by Gasteiger charge is 2.34. The Morgan fingerprint density at radius 2 is 1.97 bits per heavy atom. The van der Waals surface area contributed by atoms with E-state index in [2.05, 4.69) is 15.6 Å². The van der Waals surface area contributed by atoms with E-state index in [1.54, 1.807) is 54.9 Å². The lowest BCUT2D eigenvalue weighted by molar-refractivity contribution is -0.126. The van der Waals surface area contributed by atoms with E-state index in [-0.39, 0.29) is 24.2 Å². The maximum Gasteiger partial charge on any atom is 0.261 e. The summed E-state index contributed by atoms with van der Waals surface area (Å²) >= 11 is 1.26. The molecule has 1 atom stereocenters. The SMILES string of the molecule is Cc1ccc(N(C(=O)CNC(=O)c2cccs2)[C@@H](C(=O)NC2CCCC2)c2cccnc2)cc1F. The van der Waals surface area contributed by atoms with Gasteiger partial charge in [0.15, 0.2) is 0 Å². The Morgan fingerprint density at radius 3 is 2.63 bits per heavy atom. The van der Waals surface area contributed by atoms with E-state index in [0.29, 0.717) is 16.0 Å². The van der Waals surface area contributed by atoms with Crippen LogP contribution in [0.3, 0.4) is 0 Å². The first-order chi connectivity index (χ1) is 16.9. The highest BCUT2D eigenvalue weighted by molar-refractivity contribution is 7.12. The fourth-order valence-electron chi connectivity index (χ4n) is 4.21. The van der Waals surface area contributed by atoms with Gasteiger partial charge in [-0.15, -0.1) is 11.3 Å². The number of benzene rings is 1. The maximum absolute atomic E-state index is 14.6. The third-order valence-corrected chi connectivity index (χ3v) is 6.92. The minimum Gasteiger partial charge on any atom is -0.351 e. The van der Waals surface area contributed by atoms with Crippen LogP contribution in [0.1, 0.15) is 52.5 Å². The van der Waals surface area contributed by atoms with Crippen molar-refractivity contribution in [3.05, 3.63) is 82.1 Å². The molecular formula is C26H27FN4O3S. The lowest BCUT2D eigenvalue weighted by Gasteiger charge is -2.32. The van der Waals surface area contributed by atoms with Crippen molar-refractivity contribution in [2.75, 3.05) is 11.4 Å². The van der Waals surface area contributed by atoms with Gasteiger partial charge in [-0.2, -0.15) is 0 Å². The number of carbonyl (C=O) groups excluding carboxylic acids is 3. The Bertz CT molecular complexity index is 1180. The molecule has 2 heterocycles. The van der Waals surface area contributed by atoms with Gasteiger partial charge in [-0.1, -0.05) is 31.0 Å². The van der Waals surface area contributed by atoms with Crippen LogP contribution < -0.4 is 15.5 Å². The average Bonchev–Trinajstić information content (AvgIpc) is 3.58. The van der Waals surface area contributed by atoms with Crippen LogP contribution in [-0.2, 0) is 9.59 Å². The van der Waals surface area contributed by atoms with Gasteiger partial charge in [0.05, 0.1) is 11.4 Å². The summed E-state index contributed by atoms with van der Waals surface area (Å²) in [6.45, 7) is 1.26. The molecular weight excluding hydrogens is 467 g/mol. The number of amides is 3. The number of pyridine rings is 1. The van der Waals surface area contributed by atoms with Crippen LogP contribution in [0.4, 0.5) is 10.1 Å². The summed E-state index contributed by atoms with van der Waals surface area (Å²) in [5, 5.41) is 7.44. The van der Waals surface area contributed by atoms with E-state index in [0.717, 1.165) is 25.7 Å². The van der Waals surface area contributed by atoms with Crippen molar-refractivity contribution in [1.29, 1.82) is 0 Å². The second kappa shape index (κ2) is 11.2. The van der Waals surface area contributed by atoms with Crippen LogP contribution in [-0.4, -0.2) is 35.3 Å².